The van der Waals surface area contributed by atoms with Crippen molar-refractivity contribution < 1.29 is 19.8 Å². The quantitative estimate of drug-likeness (QED) is 0.801. The number of phenols is 1. The Bertz CT molecular complexity index is 662. The van der Waals surface area contributed by atoms with Crippen LogP contribution in [0.5, 0.6) is 5.75 Å². The molecule has 2 aromatic rings. The standard InChI is InChI=1S/C15H13NO4/c1-9-12(3-2-4-13(9)17)14(18)16-11-7-5-10(6-8-11)15(19)20/h2-8,17H,1H3,(H,16,18)(H,19,20). The van der Waals surface area contributed by atoms with E-state index in [0.717, 1.165) is 0 Å². The maximum Gasteiger partial charge on any atom is 0.335 e. The van der Waals surface area contributed by atoms with Crippen molar-refractivity contribution in [3.05, 3.63) is 59.2 Å². The van der Waals surface area contributed by atoms with Crippen LogP contribution in [0, 0.1) is 6.92 Å². The predicted octanol–water partition coefficient (Wildman–Crippen LogP) is 2.65. The number of hydrogen-bond acceptors (Lipinski definition) is 3. The molecule has 0 heterocycles. The number of carbonyl (C=O) groups is 2. The van der Waals surface area contributed by atoms with Gasteiger partial charge in [0.15, 0.2) is 0 Å². The van der Waals surface area contributed by atoms with Gasteiger partial charge in [-0.25, -0.2) is 4.79 Å². The second-order valence-corrected chi connectivity index (χ2v) is 4.29. The van der Waals surface area contributed by atoms with Gasteiger partial charge in [-0.1, -0.05) is 6.07 Å². The Morgan fingerprint density at radius 2 is 1.70 bits per heavy atom. The van der Waals surface area contributed by atoms with Crippen LogP contribution in [0.3, 0.4) is 0 Å². The molecule has 0 aliphatic carbocycles. The van der Waals surface area contributed by atoms with Gasteiger partial charge in [-0.2, -0.15) is 0 Å². The molecule has 0 spiro atoms. The van der Waals surface area contributed by atoms with Crippen LogP contribution in [0.25, 0.3) is 0 Å². The van der Waals surface area contributed by atoms with Gasteiger partial charge < -0.3 is 15.5 Å². The molecule has 0 atom stereocenters. The number of rotatable bonds is 3. The van der Waals surface area contributed by atoms with Crippen molar-refractivity contribution in [2.75, 3.05) is 5.32 Å². The lowest BCUT2D eigenvalue weighted by atomic mass is 10.1. The largest absolute Gasteiger partial charge is 0.508 e. The van der Waals surface area contributed by atoms with Crippen LogP contribution < -0.4 is 5.32 Å². The second kappa shape index (κ2) is 5.44. The Labute approximate surface area is 115 Å². The molecule has 0 bridgehead atoms. The number of carboxylic acid groups (broad SMARTS) is 1. The zero-order valence-electron chi connectivity index (χ0n) is 10.8. The van der Waals surface area contributed by atoms with Gasteiger partial charge in [-0.05, 0) is 43.3 Å². The van der Waals surface area contributed by atoms with E-state index in [9.17, 15) is 14.7 Å². The second-order valence-electron chi connectivity index (χ2n) is 4.29. The minimum Gasteiger partial charge on any atom is -0.508 e. The molecule has 0 saturated carbocycles. The number of amides is 1. The number of phenolic OH excluding ortho intramolecular Hbond substituents is 1. The minimum atomic E-state index is -1.02. The van der Waals surface area contributed by atoms with Crippen LogP contribution in [0.4, 0.5) is 5.69 Å². The fraction of sp³-hybridized carbons (Fsp3) is 0.0667. The summed E-state index contributed by atoms with van der Waals surface area (Å²) in [5, 5.41) is 21.0. The number of aromatic carboxylic acids is 1. The van der Waals surface area contributed by atoms with Crippen LogP contribution >= 0.6 is 0 Å². The SMILES string of the molecule is Cc1c(O)cccc1C(=O)Nc1ccc(C(=O)O)cc1. The first-order valence-corrected chi connectivity index (χ1v) is 5.92. The van der Waals surface area contributed by atoms with E-state index in [1.54, 1.807) is 19.1 Å². The zero-order valence-corrected chi connectivity index (χ0v) is 10.8. The molecule has 20 heavy (non-hydrogen) atoms. The van der Waals surface area contributed by atoms with E-state index in [1.165, 1.54) is 30.3 Å². The molecule has 0 aliphatic heterocycles. The third-order valence-electron chi connectivity index (χ3n) is 2.94. The highest BCUT2D eigenvalue weighted by molar-refractivity contribution is 6.05. The number of hydrogen-bond donors (Lipinski definition) is 3. The summed E-state index contributed by atoms with van der Waals surface area (Å²) in [5.41, 5.74) is 1.50. The lowest BCUT2D eigenvalue weighted by molar-refractivity contribution is 0.0696. The summed E-state index contributed by atoms with van der Waals surface area (Å²) >= 11 is 0. The smallest absolute Gasteiger partial charge is 0.335 e. The monoisotopic (exact) mass is 271 g/mol. The van der Waals surface area contributed by atoms with Crippen molar-refractivity contribution in [3.8, 4) is 5.75 Å². The molecule has 0 fully saturated rings. The van der Waals surface area contributed by atoms with Gasteiger partial charge in [0.25, 0.3) is 5.91 Å². The summed E-state index contributed by atoms with van der Waals surface area (Å²) in [6.07, 6.45) is 0. The van der Waals surface area contributed by atoms with Crippen LogP contribution in [-0.2, 0) is 0 Å². The summed E-state index contributed by atoms with van der Waals surface area (Å²) in [4.78, 5) is 22.8. The molecule has 5 nitrogen and oxygen atoms in total. The number of benzene rings is 2. The normalized spacial score (nSPS) is 10.1. The lowest BCUT2D eigenvalue weighted by Gasteiger charge is -2.09. The molecule has 102 valence electrons. The Morgan fingerprint density at radius 1 is 1.05 bits per heavy atom. The first kappa shape index (κ1) is 13.6. The lowest BCUT2D eigenvalue weighted by Crippen LogP contribution is -2.13. The Hall–Kier alpha value is -2.82. The fourth-order valence-corrected chi connectivity index (χ4v) is 1.76. The van der Waals surface area contributed by atoms with Gasteiger partial charge in [0.2, 0.25) is 0 Å². The molecule has 0 aromatic heterocycles. The summed E-state index contributed by atoms with van der Waals surface area (Å²) in [6, 6.07) is 10.5. The van der Waals surface area contributed by atoms with Crippen LogP contribution in [0.2, 0.25) is 0 Å². The van der Waals surface area contributed by atoms with Gasteiger partial charge in [0.05, 0.1) is 5.56 Å². The zero-order chi connectivity index (χ0) is 14.7. The highest BCUT2D eigenvalue weighted by Crippen LogP contribution is 2.20. The van der Waals surface area contributed by atoms with Crippen molar-refractivity contribution in [1.29, 1.82) is 0 Å². The molecule has 0 aliphatic rings. The number of carbonyl (C=O) groups excluding carboxylic acids is 1. The molecule has 2 aromatic carbocycles. The highest BCUT2D eigenvalue weighted by Gasteiger charge is 2.11. The molecular formula is C15H13NO4. The first-order chi connectivity index (χ1) is 9.49. The molecular weight excluding hydrogens is 258 g/mol. The van der Waals surface area contributed by atoms with Gasteiger partial charge in [0, 0.05) is 16.8 Å². The third-order valence-corrected chi connectivity index (χ3v) is 2.94. The van der Waals surface area contributed by atoms with E-state index in [1.807, 2.05) is 0 Å². The summed E-state index contributed by atoms with van der Waals surface area (Å²) in [7, 11) is 0. The van der Waals surface area contributed by atoms with Crippen molar-refractivity contribution in [2.45, 2.75) is 6.92 Å². The molecule has 3 N–H and O–H groups in total. The Kier molecular flexibility index (Phi) is 3.70. The summed E-state index contributed by atoms with van der Waals surface area (Å²) < 4.78 is 0. The van der Waals surface area contributed by atoms with Crippen LogP contribution in [-0.4, -0.2) is 22.1 Å². The third kappa shape index (κ3) is 2.77. The number of aromatic hydroxyl groups is 1. The van der Waals surface area contributed by atoms with E-state index in [-0.39, 0.29) is 17.2 Å². The van der Waals surface area contributed by atoms with Gasteiger partial charge in [-0.15, -0.1) is 0 Å². The first-order valence-electron chi connectivity index (χ1n) is 5.92. The number of nitrogens with one attached hydrogen (secondary N) is 1. The Balaban J connectivity index is 2.19. The average Bonchev–Trinajstić information content (AvgIpc) is 2.42. The highest BCUT2D eigenvalue weighted by atomic mass is 16.4. The minimum absolute atomic E-state index is 0.0545. The van der Waals surface area contributed by atoms with Crippen LogP contribution in [0.15, 0.2) is 42.5 Å². The fourth-order valence-electron chi connectivity index (χ4n) is 1.76. The van der Waals surface area contributed by atoms with Crippen molar-refractivity contribution in [2.24, 2.45) is 0 Å². The molecule has 0 saturated heterocycles. The molecule has 5 heteroatoms. The molecule has 0 unspecified atom stereocenters. The maximum absolute atomic E-state index is 12.1. The van der Waals surface area contributed by atoms with Crippen molar-refractivity contribution in [1.82, 2.24) is 0 Å². The van der Waals surface area contributed by atoms with Crippen LogP contribution in [0.1, 0.15) is 26.3 Å². The van der Waals surface area contributed by atoms with Gasteiger partial charge in [0.1, 0.15) is 5.75 Å². The number of anilines is 1. The van der Waals surface area contributed by atoms with E-state index in [0.29, 0.717) is 16.8 Å². The molecule has 1 amide bonds. The molecule has 2 rings (SSSR count). The van der Waals surface area contributed by atoms with E-state index >= 15 is 0 Å². The van der Waals surface area contributed by atoms with Crippen molar-refractivity contribution in [3.63, 3.8) is 0 Å². The van der Waals surface area contributed by atoms with Crippen molar-refractivity contribution >= 4 is 17.6 Å². The molecule has 0 radical (unpaired) electrons. The number of carboxylic acids is 1. The topological polar surface area (TPSA) is 86.6 Å². The predicted molar refractivity (Wildman–Crippen MR) is 74.2 cm³/mol. The summed E-state index contributed by atoms with van der Waals surface area (Å²) in [5.74, 6) is -1.33. The van der Waals surface area contributed by atoms with Gasteiger partial charge in [-0.3, -0.25) is 4.79 Å². The van der Waals surface area contributed by atoms with E-state index in [4.69, 9.17) is 5.11 Å². The summed E-state index contributed by atoms with van der Waals surface area (Å²) in [6.45, 7) is 1.65. The van der Waals surface area contributed by atoms with E-state index < -0.39 is 5.97 Å². The maximum atomic E-state index is 12.1. The Morgan fingerprint density at radius 3 is 2.30 bits per heavy atom. The average molecular weight is 271 g/mol. The van der Waals surface area contributed by atoms with E-state index in [2.05, 4.69) is 5.32 Å². The van der Waals surface area contributed by atoms with Gasteiger partial charge >= 0.3 is 5.97 Å².